The lowest BCUT2D eigenvalue weighted by molar-refractivity contribution is -0.384. The average Bonchev–Trinajstić information content (AvgIpc) is 2.90. The van der Waals surface area contributed by atoms with E-state index < -0.39 is 4.92 Å². The predicted molar refractivity (Wildman–Crippen MR) is 83.3 cm³/mol. The molecule has 2 aromatic carbocycles. The minimum absolute atomic E-state index is 0.0131. The van der Waals surface area contributed by atoms with E-state index >= 15 is 0 Å². The van der Waals surface area contributed by atoms with Crippen LogP contribution in [-0.4, -0.2) is 26.3 Å². The van der Waals surface area contributed by atoms with Crippen LogP contribution in [0.2, 0.25) is 0 Å². The van der Waals surface area contributed by atoms with Crippen LogP contribution in [0.4, 0.5) is 10.8 Å². The van der Waals surface area contributed by atoms with Gasteiger partial charge in [0.2, 0.25) is 5.13 Å². The number of benzene rings is 2. The number of hydrogen-bond acceptors (Lipinski definition) is 7. The molecule has 0 saturated carbocycles. The summed E-state index contributed by atoms with van der Waals surface area (Å²) < 4.78 is 0.776. The van der Waals surface area contributed by atoms with Crippen molar-refractivity contribution in [3.8, 4) is 11.5 Å². The van der Waals surface area contributed by atoms with Crippen LogP contribution in [0, 0.1) is 10.1 Å². The van der Waals surface area contributed by atoms with Gasteiger partial charge in [-0.05, 0) is 24.3 Å². The van der Waals surface area contributed by atoms with Gasteiger partial charge >= 0.3 is 0 Å². The number of hydrogen-bond donors (Lipinski definition) is 2. The lowest BCUT2D eigenvalue weighted by atomic mass is 10.2. The molecule has 0 fully saturated rings. The molecule has 7 nitrogen and oxygen atoms in total. The molecule has 1 heterocycles. The van der Waals surface area contributed by atoms with Crippen molar-refractivity contribution in [3.05, 3.63) is 52.1 Å². The molecule has 0 saturated heterocycles. The van der Waals surface area contributed by atoms with Crippen molar-refractivity contribution < 1.29 is 15.1 Å². The SMILES string of the molecule is O=[N+]([O-])c1ccc2sc(N=Cc3cc(O)ccc3O)nc2c1. The zero-order chi connectivity index (χ0) is 15.7. The van der Waals surface area contributed by atoms with Crippen LogP contribution >= 0.6 is 11.3 Å². The van der Waals surface area contributed by atoms with E-state index in [9.17, 15) is 20.3 Å². The summed E-state index contributed by atoms with van der Waals surface area (Å²) in [4.78, 5) is 18.6. The first kappa shape index (κ1) is 14.0. The number of nitro benzene ring substituents is 1. The minimum atomic E-state index is -0.480. The third kappa shape index (κ3) is 2.72. The molecule has 0 aliphatic rings. The number of phenolic OH excluding ortho intramolecular Hbond substituents is 2. The molecule has 0 amide bonds. The molecule has 0 atom stereocenters. The largest absolute Gasteiger partial charge is 0.508 e. The van der Waals surface area contributed by atoms with E-state index in [0.717, 1.165) is 4.70 Å². The number of thiazole rings is 1. The Morgan fingerprint density at radius 2 is 2.05 bits per heavy atom. The van der Waals surface area contributed by atoms with Gasteiger partial charge in [0.1, 0.15) is 11.5 Å². The van der Waals surface area contributed by atoms with E-state index in [1.807, 2.05) is 0 Å². The van der Waals surface area contributed by atoms with Crippen molar-refractivity contribution in [1.29, 1.82) is 0 Å². The molecule has 110 valence electrons. The Balaban J connectivity index is 1.95. The van der Waals surface area contributed by atoms with Crippen molar-refractivity contribution in [2.45, 2.75) is 0 Å². The number of aliphatic imine (C=N–C) groups is 1. The van der Waals surface area contributed by atoms with Crippen LogP contribution in [0.25, 0.3) is 10.2 Å². The quantitative estimate of drug-likeness (QED) is 0.333. The summed E-state index contributed by atoms with van der Waals surface area (Å²) in [7, 11) is 0. The molecule has 22 heavy (non-hydrogen) atoms. The first-order valence-electron chi connectivity index (χ1n) is 6.14. The standard InChI is InChI=1S/C14H9N3O4S/c18-10-2-3-12(19)8(5-10)7-15-14-16-11-6-9(17(20)21)1-4-13(11)22-14/h1-7,18-19H. The van der Waals surface area contributed by atoms with Gasteiger partial charge in [-0.1, -0.05) is 11.3 Å². The predicted octanol–water partition coefficient (Wildman–Crippen LogP) is 3.37. The van der Waals surface area contributed by atoms with Gasteiger partial charge in [-0.25, -0.2) is 9.98 Å². The molecule has 0 bridgehead atoms. The minimum Gasteiger partial charge on any atom is -0.508 e. The lowest BCUT2D eigenvalue weighted by Crippen LogP contribution is -1.86. The molecule has 1 aromatic heterocycles. The van der Waals surface area contributed by atoms with Crippen LogP contribution in [-0.2, 0) is 0 Å². The molecule has 0 radical (unpaired) electrons. The molecule has 3 aromatic rings. The molecule has 3 rings (SSSR count). The number of nitrogens with zero attached hydrogens (tertiary/aromatic N) is 3. The van der Waals surface area contributed by atoms with Gasteiger partial charge in [0.25, 0.3) is 5.69 Å². The van der Waals surface area contributed by atoms with Crippen molar-refractivity contribution in [2.75, 3.05) is 0 Å². The number of nitro groups is 1. The maximum Gasteiger partial charge on any atom is 0.271 e. The van der Waals surface area contributed by atoms with E-state index in [1.54, 1.807) is 6.07 Å². The maximum atomic E-state index is 10.7. The third-order valence-electron chi connectivity index (χ3n) is 2.90. The smallest absolute Gasteiger partial charge is 0.271 e. The van der Waals surface area contributed by atoms with E-state index in [0.29, 0.717) is 16.2 Å². The summed E-state index contributed by atoms with van der Waals surface area (Å²) in [6.07, 6.45) is 1.38. The van der Waals surface area contributed by atoms with Crippen molar-refractivity contribution >= 4 is 38.6 Å². The zero-order valence-corrected chi connectivity index (χ0v) is 11.8. The molecule has 0 aliphatic heterocycles. The molecular formula is C14H9N3O4S. The van der Waals surface area contributed by atoms with E-state index in [-0.39, 0.29) is 17.2 Å². The molecule has 0 aliphatic carbocycles. The Morgan fingerprint density at radius 1 is 1.23 bits per heavy atom. The third-order valence-corrected chi connectivity index (χ3v) is 3.84. The number of aromatic hydroxyl groups is 2. The molecule has 0 unspecified atom stereocenters. The Morgan fingerprint density at radius 3 is 2.82 bits per heavy atom. The molecule has 2 N–H and O–H groups in total. The molecular weight excluding hydrogens is 306 g/mol. The zero-order valence-electron chi connectivity index (χ0n) is 11.0. The fraction of sp³-hybridized carbons (Fsp3) is 0. The first-order chi connectivity index (χ1) is 10.5. The summed E-state index contributed by atoms with van der Waals surface area (Å²) >= 11 is 1.27. The Hall–Kier alpha value is -3.00. The summed E-state index contributed by atoms with van der Waals surface area (Å²) in [6, 6.07) is 8.51. The fourth-order valence-corrected chi connectivity index (χ4v) is 2.63. The second-order valence-electron chi connectivity index (χ2n) is 4.41. The van der Waals surface area contributed by atoms with E-state index in [4.69, 9.17) is 0 Å². The van der Waals surface area contributed by atoms with E-state index in [2.05, 4.69) is 9.98 Å². The Bertz CT molecular complexity index is 904. The number of aromatic nitrogens is 1. The van der Waals surface area contributed by atoms with Gasteiger partial charge < -0.3 is 10.2 Å². The van der Waals surface area contributed by atoms with E-state index in [1.165, 1.54) is 47.9 Å². The van der Waals surface area contributed by atoms with Gasteiger partial charge in [-0.2, -0.15) is 0 Å². The second kappa shape index (κ2) is 5.41. The highest BCUT2D eigenvalue weighted by atomic mass is 32.1. The normalized spacial score (nSPS) is 11.3. The molecule has 8 heteroatoms. The lowest BCUT2D eigenvalue weighted by Gasteiger charge is -1.98. The number of rotatable bonds is 3. The second-order valence-corrected chi connectivity index (χ2v) is 5.42. The van der Waals surface area contributed by atoms with Gasteiger partial charge in [0.05, 0.1) is 15.1 Å². The van der Waals surface area contributed by atoms with Crippen molar-refractivity contribution in [1.82, 2.24) is 4.98 Å². The monoisotopic (exact) mass is 315 g/mol. The fourth-order valence-electron chi connectivity index (χ4n) is 1.84. The molecule has 0 spiro atoms. The van der Waals surface area contributed by atoms with Crippen LogP contribution < -0.4 is 0 Å². The Kier molecular flexibility index (Phi) is 3.43. The number of fused-ring (bicyclic) bond motifs is 1. The maximum absolute atomic E-state index is 10.7. The average molecular weight is 315 g/mol. The Labute approximate surface area is 128 Å². The topological polar surface area (TPSA) is 109 Å². The van der Waals surface area contributed by atoms with Gasteiger partial charge in [0, 0.05) is 23.9 Å². The number of non-ortho nitro benzene ring substituents is 1. The summed E-state index contributed by atoms with van der Waals surface area (Å²) in [5.41, 5.74) is 0.815. The highest BCUT2D eigenvalue weighted by Gasteiger charge is 2.09. The van der Waals surface area contributed by atoms with Crippen LogP contribution in [0.15, 0.2) is 41.4 Å². The van der Waals surface area contributed by atoms with Gasteiger partial charge in [0.15, 0.2) is 0 Å². The van der Waals surface area contributed by atoms with Crippen LogP contribution in [0.5, 0.6) is 11.5 Å². The van der Waals surface area contributed by atoms with Crippen molar-refractivity contribution in [2.24, 2.45) is 4.99 Å². The summed E-state index contributed by atoms with van der Waals surface area (Å²) in [5.74, 6) is -0.00234. The van der Waals surface area contributed by atoms with Gasteiger partial charge in [-0.15, -0.1) is 0 Å². The summed E-state index contributed by atoms with van der Waals surface area (Å²) in [5, 5.41) is 30.2. The highest BCUT2D eigenvalue weighted by molar-refractivity contribution is 7.22. The van der Waals surface area contributed by atoms with Gasteiger partial charge in [-0.3, -0.25) is 10.1 Å². The highest BCUT2D eigenvalue weighted by Crippen LogP contribution is 2.30. The number of phenols is 2. The first-order valence-corrected chi connectivity index (χ1v) is 6.95. The van der Waals surface area contributed by atoms with Crippen LogP contribution in [0.1, 0.15) is 5.56 Å². The van der Waals surface area contributed by atoms with Crippen LogP contribution in [0.3, 0.4) is 0 Å². The van der Waals surface area contributed by atoms with Crippen molar-refractivity contribution in [3.63, 3.8) is 0 Å². The summed E-state index contributed by atoms with van der Waals surface area (Å²) in [6.45, 7) is 0.